The highest BCUT2D eigenvalue weighted by atomic mass is 32.2. The molecule has 1 aromatic heterocycles. The number of sulfonamides is 1. The lowest BCUT2D eigenvalue weighted by Crippen LogP contribution is -2.34. The van der Waals surface area contributed by atoms with Crippen LogP contribution in [0.5, 0.6) is 0 Å². The van der Waals surface area contributed by atoms with Crippen molar-refractivity contribution in [1.29, 1.82) is 0 Å². The number of rotatable bonds is 6. The van der Waals surface area contributed by atoms with E-state index in [4.69, 9.17) is 0 Å². The zero-order valence-corrected chi connectivity index (χ0v) is 15.7. The Balaban J connectivity index is 2.05. The lowest BCUT2D eigenvalue weighted by molar-refractivity contribution is -0.116. The van der Waals surface area contributed by atoms with E-state index >= 15 is 0 Å². The number of amides is 2. The van der Waals surface area contributed by atoms with E-state index in [1.165, 1.54) is 49.5 Å². The molecule has 7 nitrogen and oxygen atoms in total. The van der Waals surface area contributed by atoms with Gasteiger partial charge in [0, 0.05) is 26.8 Å². The number of nitrogens with zero attached hydrogens (tertiary/aromatic N) is 2. The third-order valence-corrected chi connectivity index (χ3v) is 6.02. The Bertz CT molecular complexity index is 861. The van der Waals surface area contributed by atoms with Gasteiger partial charge in [-0.3, -0.25) is 9.59 Å². The van der Waals surface area contributed by atoms with Gasteiger partial charge in [0.2, 0.25) is 15.9 Å². The Morgan fingerprint density at radius 3 is 2.44 bits per heavy atom. The second kappa shape index (κ2) is 7.77. The van der Waals surface area contributed by atoms with Gasteiger partial charge in [-0.1, -0.05) is 12.1 Å². The van der Waals surface area contributed by atoms with Gasteiger partial charge in [0.15, 0.2) is 0 Å². The molecule has 0 aliphatic rings. The SMILES string of the molecule is CN(CC(=O)Nc1cccc(S(=O)(=O)N(C)C)c1)C(=O)c1cccs1. The van der Waals surface area contributed by atoms with Gasteiger partial charge in [-0.2, -0.15) is 0 Å². The minimum atomic E-state index is -3.58. The number of thiophene rings is 1. The normalized spacial score (nSPS) is 11.4. The van der Waals surface area contributed by atoms with Crippen LogP contribution in [0.4, 0.5) is 5.69 Å². The van der Waals surface area contributed by atoms with Crippen LogP contribution in [0.3, 0.4) is 0 Å². The summed E-state index contributed by atoms with van der Waals surface area (Å²) in [6.07, 6.45) is 0. The molecule has 9 heteroatoms. The predicted octanol–water partition coefficient (Wildman–Crippen LogP) is 1.71. The number of hydrogen-bond acceptors (Lipinski definition) is 5. The van der Waals surface area contributed by atoms with E-state index in [2.05, 4.69) is 5.32 Å². The van der Waals surface area contributed by atoms with Crippen molar-refractivity contribution >= 4 is 38.9 Å². The largest absolute Gasteiger partial charge is 0.332 e. The Hall–Kier alpha value is -2.23. The summed E-state index contributed by atoms with van der Waals surface area (Å²) < 4.78 is 25.4. The molecule has 0 aliphatic carbocycles. The van der Waals surface area contributed by atoms with Crippen molar-refractivity contribution in [2.45, 2.75) is 4.90 Å². The van der Waals surface area contributed by atoms with E-state index in [0.717, 1.165) is 4.31 Å². The first kappa shape index (κ1) is 19.1. The molecule has 2 rings (SSSR count). The molecule has 1 heterocycles. The fourth-order valence-electron chi connectivity index (χ4n) is 2.02. The average molecular weight is 381 g/mol. The molecular formula is C16H19N3O4S2. The number of anilines is 1. The number of carbonyl (C=O) groups is 2. The first-order chi connectivity index (χ1) is 11.7. The second-order valence-corrected chi connectivity index (χ2v) is 8.60. The second-order valence-electron chi connectivity index (χ2n) is 5.50. The zero-order valence-electron chi connectivity index (χ0n) is 14.1. The predicted molar refractivity (Wildman–Crippen MR) is 97.2 cm³/mol. The first-order valence-electron chi connectivity index (χ1n) is 7.33. The maximum Gasteiger partial charge on any atom is 0.264 e. The van der Waals surface area contributed by atoms with E-state index in [0.29, 0.717) is 10.6 Å². The molecule has 134 valence electrons. The van der Waals surface area contributed by atoms with Crippen LogP contribution in [0.25, 0.3) is 0 Å². The number of carbonyl (C=O) groups excluding carboxylic acids is 2. The highest BCUT2D eigenvalue weighted by Gasteiger charge is 2.19. The van der Waals surface area contributed by atoms with E-state index < -0.39 is 15.9 Å². The van der Waals surface area contributed by atoms with Crippen LogP contribution >= 0.6 is 11.3 Å². The smallest absolute Gasteiger partial charge is 0.264 e. The molecule has 1 aromatic carbocycles. The summed E-state index contributed by atoms with van der Waals surface area (Å²) in [6, 6.07) is 9.44. The Morgan fingerprint density at radius 2 is 1.84 bits per heavy atom. The maximum atomic E-state index is 12.1. The van der Waals surface area contributed by atoms with E-state index in [9.17, 15) is 18.0 Å². The highest BCUT2D eigenvalue weighted by Crippen LogP contribution is 2.18. The van der Waals surface area contributed by atoms with Crippen LogP contribution in [-0.2, 0) is 14.8 Å². The molecule has 0 saturated heterocycles. The topological polar surface area (TPSA) is 86.8 Å². The van der Waals surface area contributed by atoms with Gasteiger partial charge in [0.05, 0.1) is 16.3 Å². The summed E-state index contributed by atoms with van der Waals surface area (Å²) in [7, 11) is 0.826. The van der Waals surface area contributed by atoms with E-state index in [-0.39, 0.29) is 17.3 Å². The fourth-order valence-corrected chi connectivity index (χ4v) is 3.69. The van der Waals surface area contributed by atoms with Crippen molar-refractivity contribution < 1.29 is 18.0 Å². The third-order valence-electron chi connectivity index (χ3n) is 3.36. The zero-order chi connectivity index (χ0) is 18.6. The minimum absolute atomic E-state index is 0.0818. The molecular weight excluding hydrogens is 362 g/mol. The van der Waals surface area contributed by atoms with Crippen molar-refractivity contribution in [2.75, 3.05) is 33.0 Å². The lowest BCUT2D eigenvalue weighted by atomic mass is 10.3. The van der Waals surface area contributed by atoms with Gasteiger partial charge in [-0.05, 0) is 29.6 Å². The van der Waals surface area contributed by atoms with Crippen molar-refractivity contribution in [3.05, 3.63) is 46.7 Å². The molecule has 1 N–H and O–H groups in total. The van der Waals surface area contributed by atoms with Crippen molar-refractivity contribution in [3.8, 4) is 0 Å². The number of benzene rings is 1. The summed E-state index contributed by atoms with van der Waals surface area (Å²) in [5.74, 6) is -0.652. The van der Waals surface area contributed by atoms with Crippen molar-refractivity contribution in [2.24, 2.45) is 0 Å². The fraction of sp³-hybridized carbons (Fsp3) is 0.250. The molecule has 0 fully saturated rings. The Kier molecular flexibility index (Phi) is 5.93. The van der Waals surface area contributed by atoms with E-state index in [1.807, 2.05) is 0 Å². The van der Waals surface area contributed by atoms with Gasteiger partial charge < -0.3 is 10.2 Å². The van der Waals surface area contributed by atoms with Crippen molar-refractivity contribution in [1.82, 2.24) is 9.21 Å². The molecule has 0 unspecified atom stereocenters. The molecule has 0 spiro atoms. The molecule has 2 aromatic rings. The Labute approximate surface area is 150 Å². The standard InChI is InChI=1S/C16H19N3O4S2/c1-18(2)25(22,23)13-7-4-6-12(10-13)17-15(20)11-19(3)16(21)14-8-5-9-24-14/h4-10H,11H2,1-3H3,(H,17,20). The van der Waals surface area contributed by atoms with Crippen LogP contribution in [0.2, 0.25) is 0 Å². The molecule has 0 aliphatic heterocycles. The van der Waals surface area contributed by atoms with Crippen molar-refractivity contribution in [3.63, 3.8) is 0 Å². The van der Waals surface area contributed by atoms with Gasteiger partial charge in [0.1, 0.15) is 0 Å². The number of likely N-dealkylation sites (N-methyl/N-ethyl adjacent to an activating group) is 1. The maximum absolute atomic E-state index is 12.1. The highest BCUT2D eigenvalue weighted by molar-refractivity contribution is 7.89. The monoisotopic (exact) mass is 381 g/mol. The van der Waals surface area contributed by atoms with E-state index in [1.54, 1.807) is 29.6 Å². The van der Waals surface area contributed by atoms with Gasteiger partial charge in [-0.25, -0.2) is 12.7 Å². The summed E-state index contributed by atoms with van der Waals surface area (Å²) >= 11 is 1.30. The average Bonchev–Trinajstić information content (AvgIpc) is 3.08. The van der Waals surface area contributed by atoms with Gasteiger partial charge in [0.25, 0.3) is 5.91 Å². The summed E-state index contributed by atoms with van der Waals surface area (Å²) in [5.41, 5.74) is 0.352. The Morgan fingerprint density at radius 1 is 1.12 bits per heavy atom. The quantitative estimate of drug-likeness (QED) is 0.825. The molecule has 0 atom stereocenters. The van der Waals surface area contributed by atoms with Crippen LogP contribution in [-0.4, -0.2) is 57.1 Å². The molecule has 25 heavy (non-hydrogen) atoms. The molecule has 0 radical (unpaired) electrons. The summed E-state index contributed by atoms with van der Waals surface area (Å²) in [4.78, 5) is 26.2. The lowest BCUT2D eigenvalue weighted by Gasteiger charge is -2.16. The van der Waals surface area contributed by atoms with Crippen LogP contribution < -0.4 is 5.32 Å². The number of nitrogens with one attached hydrogen (secondary N) is 1. The molecule has 2 amide bonds. The molecule has 0 bridgehead atoms. The van der Waals surface area contributed by atoms with Crippen LogP contribution in [0.1, 0.15) is 9.67 Å². The first-order valence-corrected chi connectivity index (χ1v) is 9.65. The minimum Gasteiger partial charge on any atom is -0.332 e. The summed E-state index contributed by atoms with van der Waals surface area (Å²) in [6.45, 7) is -0.138. The van der Waals surface area contributed by atoms with Crippen LogP contribution in [0.15, 0.2) is 46.7 Å². The number of hydrogen-bond donors (Lipinski definition) is 1. The summed E-state index contributed by atoms with van der Waals surface area (Å²) in [5, 5.41) is 4.40. The third kappa shape index (κ3) is 4.65. The van der Waals surface area contributed by atoms with Gasteiger partial charge in [-0.15, -0.1) is 11.3 Å². The molecule has 0 saturated carbocycles. The van der Waals surface area contributed by atoms with Crippen LogP contribution in [0, 0.1) is 0 Å². The van der Waals surface area contributed by atoms with Gasteiger partial charge >= 0.3 is 0 Å².